The predicted octanol–water partition coefficient (Wildman–Crippen LogP) is 2.96. The Hall–Kier alpha value is -3.05. The molecule has 1 aromatic heterocycles. The monoisotopic (exact) mass is 319 g/mol. The first-order chi connectivity index (χ1) is 11.7. The maximum Gasteiger partial charge on any atom is 0.185 e. The fourth-order valence-corrected chi connectivity index (χ4v) is 2.22. The van der Waals surface area contributed by atoms with Crippen LogP contribution in [0.5, 0.6) is 0 Å². The van der Waals surface area contributed by atoms with Gasteiger partial charge in [-0.2, -0.15) is 0 Å². The van der Waals surface area contributed by atoms with E-state index in [1.807, 2.05) is 31.2 Å². The number of hydrogen-bond donors (Lipinski definition) is 1. The maximum atomic E-state index is 12.2. The van der Waals surface area contributed by atoms with Gasteiger partial charge in [-0.1, -0.05) is 41.1 Å². The minimum atomic E-state index is -0.152. The third-order valence-electron chi connectivity index (χ3n) is 3.62. The molecule has 3 rings (SSSR count). The normalized spacial score (nSPS) is 11.1. The second-order valence-corrected chi connectivity index (χ2v) is 5.47. The predicted molar refractivity (Wildman–Crippen MR) is 91.8 cm³/mol. The Labute approximate surface area is 139 Å². The second-order valence-electron chi connectivity index (χ2n) is 5.47. The lowest BCUT2D eigenvalue weighted by Gasteiger charge is -2.01. The summed E-state index contributed by atoms with van der Waals surface area (Å²) in [5.41, 5.74) is 4.05. The van der Waals surface area contributed by atoms with E-state index in [1.54, 1.807) is 47.3 Å². The van der Waals surface area contributed by atoms with Crippen molar-refractivity contribution in [3.8, 4) is 5.69 Å². The van der Waals surface area contributed by atoms with E-state index in [-0.39, 0.29) is 12.4 Å². The average molecular weight is 319 g/mol. The van der Waals surface area contributed by atoms with E-state index in [2.05, 4.69) is 10.3 Å². The number of benzene rings is 2. The van der Waals surface area contributed by atoms with Crippen molar-refractivity contribution in [3.63, 3.8) is 0 Å². The molecule has 0 aliphatic carbocycles. The molecule has 0 atom stereocenters. The van der Waals surface area contributed by atoms with Crippen LogP contribution in [0.3, 0.4) is 0 Å². The van der Waals surface area contributed by atoms with Crippen LogP contribution >= 0.6 is 0 Å². The molecule has 24 heavy (non-hydrogen) atoms. The summed E-state index contributed by atoms with van der Waals surface area (Å²) in [6.45, 7) is 1.87. The quantitative estimate of drug-likeness (QED) is 0.580. The van der Waals surface area contributed by atoms with Crippen molar-refractivity contribution >= 4 is 11.9 Å². The lowest BCUT2D eigenvalue weighted by Crippen LogP contribution is -1.98. The first kappa shape index (κ1) is 15.8. The number of aromatic nitrogens is 3. The van der Waals surface area contributed by atoms with Crippen LogP contribution in [0.25, 0.3) is 11.8 Å². The number of ketones is 1. The molecule has 0 bridgehead atoms. The number of carbonyl (C=O) groups is 1. The molecule has 0 radical (unpaired) electrons. The van der Waals surface area contributed by atoms with Gasteiger partial charge in [0.25, 0.3) is 0 Å². The number of hydrogen-bond acceptors (Lipinski definition) is 4. The standard InChI is InChI=1S/C19H17N3O2/c1-14-2-4-15(5-3-14)6-11-19(24)16-7-9-18(10-8-16)22-12-17(13-23)20-21-22/h2-12,23H,13H2,1H3. The molecule has 120 valence electrons. The summed E-state index contributed by atoms with van der Waals surface area (Å²) >= 11 is 0. The van der Waals surface area contributed by atoms with Gasteiger partial charge in [-0.05, 0) is 42.8 Å². The summed E-state index contributed by atoms with van der Waals surface area (Å²) in [7, 11) is 0. The highest BCUT2D eigenvalue weighted by Gasteiger charge is 2.05. The van der Waals surface area contributed by atoms with E-state index in [9.17, 15) is 4.79 Å². The van der Waals surface area contributed by atoms with Gasteiger partial charge in [0, 0.05) is 5.56 Å². The van der Waals surface area contributed by atoms with Gasteiger partial charge in [0.2, 0.25) is 0 Å². The first-order valence-electron chi connectivity index (χ1n) is 7.57. The molecule has 0 spiro atoms. The highest BCUT2D eigenvalue weighted by Crippen LogP contribution is 2.11. The van der Waals surface area contributed by atoms with Crippen molar-refractivity contribution in [2.75, 3.05) is 0 Å². The highest BCUT2D eigenvalue weighted by atomic mass is 16.3. The highest BCUT2D eigenvalue weighted by molar-refractivity contribution is 6.06. The zero-order chi connectivity index (χ0) is 16.9. The number of rotatable bonds is 5. The zero-order valence-corrected chi connectivity index (χ0v) is 13.3. The number of nitrogens with zero attached hydrogens (tertiary/aromatic N) is 3. The van der Waals surface area contributed by atoms with Crippen molar-refractivity contribution < 1.29 is 9.90 Å². The minimum Gasteiger partial charge on any atom is -0.390 e. The van der Waals surface area contributed by atoms with Gasteiger partial charge < -0.3 is 5.11 Å². The van der Waals surface area contributed by atoms with Crippen molar-refractivity contribution in [1.82, 2.24) is 15.0 Å². The molecule has 0 amide bonds. The van der Waals surface area contributed by atoms with Gasteiger partial charge in [-0.15, -0.1) is 5.10 Å². The Morgan fingerprint density at radius 2 is 1.83 bits per heavy atom. The van der Waals surface area contributed by atoms with Crippen molar-refractivity contribution in [2.24, 2.45) is 0 Å². The van der Waals surface area contributed by atoms with Crippen molar-refractivity contribution in [1.29, 1.82) is 0 Å². The number of carbonyl (C=O) groups excluding carboxylic acids is 1. The van der Waals surface area contributed by atoms with E-state index in [1.165, 1.54) is 5.56 Å². The van der Waals surface area contributed by atoms with Crippen molar-refractivity contribution in [3.05, 3.63) is 83.2 Å². The summed E-state index contributed by atoms with van der Waals surface area (Å²) in [6.07, 6.45) is 5.02. The number of aliphatic hydroxyl groups excluding tert-OH is 1. The van der Waals surface area contributed by atoms with Gasteiger partial charge in [0.1, 0.15) is 5.69 Å². The topological polar surface area (TPSA) is 68.0 Å². The number of allylic oxidation sites excluding steroid dienone is 1. The molecule has 0 saturated heterocycles. The third-order valence-corrected chi connectivity index (χ3v) is 3.62. The van der Waals surface area contributed by atoms with E-state index in [0.717, 1.165) is 11.3 Å². The van der Waals surface area contributed by atoms with Gasteiger partial charge in [-0.3, -0.25) is 4.79 Å². The molecule has 2 aromatic carbocycles. The average Bonchev–Trinajstić information content (AvgIpc) is 3.10. The summed E-state index contributed by atoms with van der Waals surface area (Å²) in [4.78, 5) is 12.2. The molecule has 0 fully saturated rings. The smallest absolute Gasteiger partial charge is 0.185 e. The SMILES string of the molecule is Cc1ccc(C=CC(=O)c2ccc(-n3cc(CO)nn3)cc2)cc1. The lowest BCUT2D eigenvalue weighted by molar-refractivity contribution is 0.104. The molecule has 1 N–H and O–H groups in total. The Bertz CT molecular complexity index is 862. The fourth-order valence-electron chi connectivity index (χ4n) is 2.22. The zero-order valence-electron chi connectivity index (χ0n) is 13.3. The van der Waals surface area contributed by atoms with E-state index in [0.29, 0.717) is 11.3 Å². The molecule has 1 heterocycles. The van der Waals surface area contributed by atoms with Crippen molar-refractivity contribution in [2.45, 2.75) is 13.5 Å². The molecule has 5 nitrogen and oxygen atoms in total. The lowest BCUT2D eigenvalue weighted by atomic mass is 10.1. The van der Waals surface area contributed by atoms with E-state index >= 15 is 0 Å². The molecule has 0 aliphatic rings. The number of aryl methyl sites for hydroxylation is 1. The molecule has 0 aliphatic heterocycles. The molecule has 3 aromatic rings. The fraction of sp³-hybridized carbons (Fsp3) is 0.105. The van der Waals surface area contributed by atoms with Crippen LogP contribution in [-0.2, 0) is 6.61 Å². The van der Waals surface area contributed by atoms with Crippen LogP contribution in [0, 0.1) is 6.92 Å². The first-order valence-corrected chi connectivity index (χ1v) is 7.57. The molecule has 5 heteroatoms. The van der Waals surface area contributed by atoms with Crippen LogP contribution in [0.4, 0.5) is 0 Å². The largest absolute Gasteiger partial charge is 0.390 e. The molecule has 0 saturated carbocycles. The van der Waals surface area contributed by atoms with Gasteiger partial charge in [0.15, 0.2) is 5.78 Å². The maximum absolute atomic E-state index is 12.2. The van der Waals surface area contributed by atoms with Gasteiger partial charge >= 0.3 is 0 Å². The van der Waals surface area contributed by atoms with Gasteiger partial charge in [-0.25, -0.2) is 4.68 Å². The van der Waals surface area contributed by atoms with Gasteiger partial charge in [0.05, 0.1) is 18.5 Å². The molecule has 0 unspecified atom stereocenters. The Kier molecular flexibility index (Phi) is 4.63. The Morgan fingerprint density at radius 3 is 2.46 bits per heavy atom. The second kappa shape index (κ2) is 7.02. The molecular formula is C19H17N3O2. The van der Waals surface area contributed by atoms with E-state index in [4.69, 9.17) is 5.11 Å². The summed E-state index contributed by atoms with van der Waals surface area (Å²) < 4.78 is 1.56. The third kappa shape index (κ3) is 3.64. The summed E-state index contributed by atoms with van der Waals surface area (Å²) in [5.74, 6) is -0.0586. The minimum absolute atomic E-state index is 0.0586. The summed E-state index contributed by atoms with van der Waals surface area (Å²) in [5, 5.41) is 16.8. The Morgan fingerprint density at radius 1 is 1.12 bits per heavy atom. The Balaban J connectivity index is 1.72. The molecular weight excluding hydrogens is 302 g/mol. The van der Waals surface area contributed by atoms with Crippen LogP contribution in [-0.4, -0.2) is 25.9 Å². The van der Waals surface area contributed by atoms with Crippen LogP contribution in [0.15, 0.2) is 60.8 Å². The number of aliphatic hydroxyl groups is 1. The van der Waals surface area contributed by atoms with Crippen LogP contribution < -0.4 is 0 Å². The van der Waals surface area contributed by atoms with Crippen LogP contribution in [0.2, 0.25) is 0 Å². The summed E-state index contributed by atoms with van der Waals surface area (Å²) in [6, 6.07) is 15.1. The van der Waals surface area contributed by atoms with Crippen LogP contribution in [0.1, 0.15) is 27.2 Å². The van der Waals surface area contributed by atoms with E-state index < -0.39 is 0 Å².